The van der Waals surface area contributed by atoms with Crippen LogP contribution in [-0.2, 0) is 14.3 Å². The van der Waals surface area contributed by atoms with E-state index in [0.29, 0.717) is 48.3 Å². The monoisotopic (exact) mass is 757 g/mol. The minimum absolute atomic E-state index is 0.0236. The molecular weight excluding hydrogens is 681 g/mol. The molecule has 5 nitrogen and oxygen atoms in total. The topological polar surface area (TPSA) is 83.8 Å². The molecule has 0 amide bonds. The highest BCUT2D eigenvalue weighted by Crippen LogP contribution is 2.68. The molecule has 306 valence electrons. The molecule has 4 fully saturated rings. The number of carboxylic acid groups (broad SMARTS) is 1. The fourth-order valence-corrected chi connectivity index (χ4v) is 11.3. The van der Waals surface area contributed by atoms with Crippen LogP contribution < -0.4 is 0 Å². The van der Waals surface area contributed by atoms with Crippen LogP contribution in [0.25, 0.3) is 0 Å². The summed E-state index contributed by atoms with van der Waals surface area (Å²) in [4.78, 5) is 24.1. The zero-order chi connectivity index (χ0) is 39.5. The van der Waals surface area contributed by atoms with Crippen molar-refractivity contribution >= 4 is 11.9 Å². The Kier molecular flexibility index (Phi) is 19.0. The maximum absolute atomic E-state index is 12.8. The zero-order valence-electron chi connectivity index (χ0n) is 35.0. The van der Waals surface area contributed by atoms with Gasteiger partial charge in [-0.05, 0) is 162 Å². The quantitative estimate of drug-likeness (QED) is 0.0653. The molecule has 4 aliphatic rings. The second-order valence-corrected chi connectivity index (χ2v) is 17.8. The van der Waals surface area contributed by atoms with Crippen LogP contribution in [0, 0.1) is 46.3 Å². The molecule has 0 saturated heterocycles. The van der Waals surface area contributed by atoms with E-state index in [0.717, 1.165) is 96.3 Å². The number of aliphatic carboxylic acids is 1. The van der Waals surface area contributed by atoms with E-state index < -0.39 is 5.97 Å². The molecule has 10 atom stereocenters. The van der Waals surface area contributed by atoms with E-state index in [1.54, 1.807) is 0 Å². The van der Waals surface area contributed by atoms with E-state index in [-0.39, 0.29) is 35.4 Å². The molecule has 55 heavy (non-hydrogen) atoms. The van der Waals surface area contributed by atoms with Crippen LogP contribution in [0.3, 0.4) is 0 Å². The van der Waals surface area contributed by atoms with Crippen LogP contribution in [0.5, 0.6) is 0 Å². The first-order valence-electron chi connectivity index (χ1n) is 22.2. The molecule has 10 unspecified atom stereocenters. The number of esters is 1. The number of fused-ring (bicyclic) bond motifs is 5. The van der Waals surface area contributed by atoms with Gasteiger partial charge in [-0.1, -0.05) is 113 Å². The largest absolute Gasteiger partial charge is 0.481 e. The van der Waals surface area contributed by atoms with Gasteiger partial charge in [0.15, 0.2) is 0 Å². The van der Waals surface area contributed by atoms with Gasteiger partial charge in [-0.3, -0.25) is 9.59 Å². The van der Waals surface area contributed by atoms with Gasteiger partial charge in [-0.15, -0.1) is 0 Å². The van der Waals surface area contributed by atoms with Crippen molar-refractivity contribution in [2.75, 3.05) is 0 Å². The minimum Gasteiger partial charge on any atom is -0.481 e. The Bertz CT molecular complexity index is 1380. The number of aliphatic hydroxyl groups is 1. The zero-order valence-corrected chi connectivity index (χ0v) is 35.0. The normalized spacial score (nSPS) is 33.1. The number of allylic oxidation sites excluding steroid dienone is 14. The summed E-state index contributed by atoms with van der Waals surface area (Å²) in [5, 5.41) is 21.1. The van der Waals surface area contributed by atoms with Crippen molar-refractivity contribution in [2.45, 2.75) is 168 Å². The van der Waals surface area contributed by atoms with Crippen LogP contribution >= 0.6 is 0 Å². The molecule has 5 heteroatoms. The van der Waals surface area contributed by atoms with E-state index in [9.17, 15) is 19.8 Å². The Morgan fingerprint density at radius 3 is 1.84 bits per heavy atom. The van der Waals surface area contributed by atoms with Gasteiger partial charge in [0, 0.05) is 12.8 Å². The van der Waals surface area contributed by atoms with Gasteiger partial charge in [0.25, 0.3) is 0 Å². The summed E-state index contributed by atoms with van der Waals surface area (Å²) in [5.74, 6) is 2.16. The second kappa shape index (κ2) is 23.3. The molecule has 0 radical (unpaired) electrons. The minimum atomic E-state index is -0.719. The molecule has 0 spiro atoms. The lowest BCUT2D eigenvalue weighted by molar-refractivity contribution is -0.181. The number of hydrogen-bond acceptors (Lipinski definition) is 4. The van der Waals surface area contributed by atoms with Gasteiger partial charge in [0.2, 0.25) is 0 Å². The molecule has 0 aromatic carbocycles. The molecule has 0 aliphatic heterocycles. The number of rotatable bonds is 22. The molecule has 2 N–H and O–H groups in total. The van der Waals surface area contributed by atoms with Gasteiger partial charge >= 0.3 is 11.9 Å². The van der Waals surface area contributed by atoms with Crippen molar-refractivity contribution in [2.24, 2.45) is 46.3 Å². The predicted octanol–water partition coefficient (Wildman–Crippen LogP) is 12.8. The van der Waals surface area contributed by atoms with Crippen LogP contribution in [-0.4, -0.2) is 34.4 Å². The van der Waals surface area contributed by atoms with Crippen LogP contribution in [0.1, 0.15) is 156 Å². The average molecular weight is 757 g/mol. The van der Waals surface area contributed by atoms with Crippen LogP contribution in [0.4, 0.5) is 0 Å². The number of aliphatic hydroxyl groups excluding tert-OH is 1. The fraction of sp³-hybridized carbons (Fsp3) is 0.680. The van der Waals surface area contributed by atoms with Crippen LogP contribution in [0.2, 0.25) is 0 Å². The molecule has 0 aromatic rings. The first-order chi connectivity index (χ1) is 26.6. The molecule has 4 rings (SSSR count). The maximum atomic E-state index is 12.8. The lowest BCUT2D eigenvalue weighted by Gasteiger charge is -2.62. The number of carbonyl (C=O) groups excluding carboxylic acids is 1. The molecule has 0 aromatic heterocycles. The van der Waals surface area contributed by atoms with Gasteiger partial charge in [0.05, 0.1) is 6.10 Å². The van der Waals surface area contributed by atoms with Crippen molar-refractivity contribution in [3.63, 3.8) is 0 Å². The molecule has 4 aliphatic carbocycles. The summed E-state index contributed by atoms with van der Waals surface area (Å²) in [7, 11) is 0. The Morgan fingerprint density at radius 2 is 1.27 bits per heavy atom. The van der Waals surface area contributed by atoms with Crippen molar-refractivity contribution < 1.29 is 24.5 Å². The predicted molar refractivity (Wildman–Crippen MR) is 228 cm³/mol. The van der Waals surface area contributed by atoms with E-state index in [2.05, 4.69) is 113 Å². The van der Waals surface area contributed by atoms with Gasteiger partial charge < -0.3 is 14.9 Å². The van der Waals surface area contributed by atoms with E-state index in [1.807, 2.05) is 0 Å². The summed E-state index contributed by atoms with van der Waals surface area (Å²) in [5.41, 5.74) is 0.0769. The smallest absolute Gasteiger partial charge is 0.306 e. The molecule has 0 bridgehead atoms. The molecular formula is C50H76O5. The standard InChI is InChI=1S/C50H76O5/c1-5-6-7-8-9-10-11-12-13-14-15-16-17-18-19-20-21-22-23-24-25-26-27-28-48(54)55-41-35-36-49(3)40(37-41)30-31-42-44-33-32-43(39(2)29-34-47(52)53)50(44,4)46(51)38-45(42)49/h6-7,9-10,12-13,15-16,18-19,21-22,24-25,39-46,51H,5,8,11,14,17,20,23,26-38H2,1-4H3,(H,52,53)/b7-6-,10-9-,13-12-,16-15-,19-18-,22-21-,25-24-. The fourth-order valence-electron chi connectivity index (χ4n) is 11.3. The Labute approximate surface area is 335 Å². The molecule has 0 heterocycles. The van der Waals surface area contributed by atoms with E-state index in [4.69, 9.17) is 4.74 Å². The average Bonchev–Trinajstić information content (AvgIpc) is 3.53. The summed E-state index contributed by atoms with van der Waals surface area (Å²) in [6.45, 7) is 9.19. The summed E-state index contributed by atoms with van der Waals surface area (Å²) >= 11 is 0. The number of ether oxygens (including phenoxy) is 1. The van der Waals surface area contributed by atoms with Gasteiger partial charge in [-0.25, -0.2) is 0 Å². The van der Waals surface area contributed by atoms with E-state index >= 15 is 0 Å². The summed E-state index contributed by atoms with van der Waals surface area (Å²) in [6, 6.07) is 0. The van der Waals surface area contributed by atoms with Crippen molar-refractivity contribution in [3.05, 3.63) is 85.1 Å². The maximum Gasteiger partial charge on any atom is 0.306 e. The Hall–Kier alpha value is -2.92. The third kappa shape index (κ3) is 13.1. The highest BCUT2D eigenvalue weighted by Gasteiger charge is 2.63. The third-order valence-corrected chi connectivity index (χ3v) is 14.4. The Morgan fingerprint density at radius 1 is 0.709 bits per heavy atom. The number of carbonyl (C=O) groups is 2. The summed E-state index contributed by atoms with van der Waals surface area (Å²) < 4.78 is 6.07. The summed E-state index contributed by atoms with van der Waals surface area (Å²) in [6.07, 6.45) is 49.3. The molecule has 4 saturated carbocycles. The van der Waals surface area contributed by atoms with Crippen molar-refractivity contribution in [3.8, 4) is 0 Å². The third-order valence-electron chi connectivity index (χ3n) is 14.4. The van der Waals surface area contributed by atoms with E-state index in [1.165, 1.54) is 12.8 Å². The number of unbranched alkanes of at least 4 members (excludes halogenated alkanes) is 1. The number of carboxylic acids is 1. The van der Waals surface area contributed by atoms with Gasteiger partial charge in [-0.2, -0.15) is 0 Å². The second-order valence-electron chi connectivity index (χ2n) is 17.8. The highest BCUT2D eigenvalue weighted by molar-refractivity contribution is 5.69. The van der Waals surface area contributed by atoms with Crippen molar-refractivity contribution in [1.29, 1.82) is 0 Å². The Balaban J connectivity index is 1.06. The van der Waals surface area contributed by atoms with Crippen molar-refractivity contribution in [1.82, 2.24) is 0 Å². The highest BCUT2D eigenvalue weighted by atomic mass is 16.5. The lowest BCUT2D eigenvalue weighted by atomic mass is 9.43. The SMILES string of the molecule is CC/C=C\C/C=C\C/C=C\C/C=C\C/C=C\C/C=C\C/C=C\CCCC(=O)OC1CCC2(C)C(CCC3C2CC(O)C2(C)C(C(C)CCC(=O)O)CCC32)C1. The first kappa shape index (κ1) is 44.8. The van der Waals surface area contributed by atoms with Gasteiger partial charge in [0.1, 0.15) is 6.10 Å². The van der Waals surface area contributed by atoms with Crippen LogP contribution in [0.15, 0.2) is 85.1 Å². The lowest BCUT2D eigenvalue weighted by Crippen LogP contribution is -2.59. The first-order valence-corrected chi connectivity index (χ1v) is 22.2. The number of hydrogen-bond donors (Lipinski definition) is 2.